The molecule has 3 aromatic carbocycles. The van der Waals surface area contributed by atoms with Crippen molar-refractivity contribution >= 4 is 65.3 Å². The van der Waals surface area contributed by atoms with Gasteiger partial charge in [0.2, 0.25) is 0 Å². The average molecular weight is 469 g/mol. The second-order valence-corrected chi connectivity index (χ2v) is 8.64. The number of fused-ring (bicyclic) bond motifs is 2. The van der Waals surface area contributed by atoms with Crippen molar-refractivity contribution in [2.24, 2.45) is 0 Å². The maximum Gasteiger partial charge on any atom is 0.338 e. The fourth-order valence-electron chi connectivity index (χ4n) is 3.02. The van der Waals surface area contributed by atoms with E-state index in [1.807, 2.05) is 44.2 Å². The van der Waals surface area contributed by atoms with Crippen molar-refractivity contribution in [2.45, 2.75) is 20.0 Å². The second-order valence-electron chi connectivity index (χ2n) is 6.75. The molecule has 1 heterocycles. The van der Waals surface area contributed by atoms with Gasteiger partial charge in [0.05, 0.1) is 21.9 Å². The van der Waals surface area contributed by atoms with Gasteiger partial charge in [-0.25, -0.2) is 9.78 Å². The predicted octanol–water partition coefficient (Wildman–Crippen LogP) is 6.03. The molecule has 0 aliphatic carbocycles. The largest absolute Gasteiger partial charge is 0.459 e. The zero-order valence-electron chi connectivity index (χ0n) is 15.7. The number of halogens is 1. The molecule has 0 fully saturated rings. The molecule has 0 saturated heterocycles. The second kappa shape index (κ2) is 7.93. The summed E-state index contributed by atoms with van der Waals surface area (Å²) in [7, 11) is 0. The molecule has 4 rings (SSSR count). The molecular weight excluding hydrogens is 452 g/mol. The zero-order valence-corrected chi connectivity index (χ0v) is 18.1. The minimum absolute atomic E-state index is 0.185. The van der Waals surface area contributed by atoms with Gasteiger partial charge in [0.15, 0.2) is 5.13 Å². The highest BCUT2D eigenvalue weighted by Crippen LogP contribution is 2.30. The Morgan fingerprint density at radius 1 is 1.07 bits per heavy atom. The summed E-state index contributed by atoms with van der Waals surface area (Å²) in [5, 5.41) is 5.19. The van der Waals surface area contributed by atoms with Crippen LogP contribution in [0.15, 0.2) is 59.1 Å². The monoisotopic (exact) mass is 468 g/mol. The summed E-state index contributed by atoms with van der Waals surface area (Å²) in [5.41, 5.74) is 1.75. The third kappa shape index (κ3) is 4.02. The third-order valence-electron chi connectivity index (χ3n) is 4.30. The lowest BCUT2D eigenvalue weighted by molar-refractivity contribution is 0.0378. The molecule has 0 aliphatic heterocycles. The first kappa shape index (κ1) is 19.5. The van der Waals surface area contributed by atoms with E-state index in [4.69, 9.17) is 4.74 Å². The topological polar surface area (TPSA) is 68.3 Å². The molecular formula is C22H17BrN2O3S. The molecule has 0 aliphatic rings. The minimum atomic E-state index is -0.373. The minimum Gasteiger partial charge on any atom is -0.459 e. The van der Waals surface area contributed by atoms with E-state index < -0.39 is 0 Å². The number of rotatable bonds is 4. The number of amides is 1. The Morgan fingerprint density at radius 3 is 2.62 bits per heavy atom. The van der Waals surface area contributed by atoms with Crippen molar-refractivity contribution in [3.63, 3.8) is 0 Å². The van der Waals surface area contributed by atoms with E-state index in [0.29, 0.717) is 21.8 Å². The summed E-state index contributed by atoms with van der Waals surface area (Å²) in [4.78, 5) is 29.4. The highest BCUT2D eigenvalue weighted by Gasteiger charge is 2.15. The van der Waals surface area contributed by atoms with Gasteiger partial charge in [-0.3, -0.25) is 10.1 Å². The van der Waals surface area contributed by atoms with Gasteiger partial charge in [-0.15, -0.1) is 0 Å². The summed E-state index contributed by atoms with van der Waals surface area (Å²) >= 11 is 4.84. The van der Waals surface area contributed by atoms with E-state index in [1.165, 1.54) is 11.3 Å². The fraction of sp³-hybridized carbons (Fsp3) is 0.136. The molecule has 1 aromatic heterocycles. The number of carbonyl (C=O) groups is 2. The summed E-state index contributed by atoms with van der Waals surface area (Å²) in [6.07, 6.45) is -0.185. The fourth-order valence-corrected chi connectivity index (χ4v) is 4.42. The van der Waals surface area contributed by atoms with Gasteiger partial charge in [-0.2, -0.15) is 0 Å². The molecule has 0 saturated carbocycles. The molecule has 29 heavy (non-hydrogen) atoms. The summed E-state index contributed by atoms with van der Waals surface area (Å²) in [5.74, 6) is -0.602. The van der Waals surface area contributed by atoms with Gasteiger partial charge in [0.25, 0.3) is 5.91 Å². The van der Waals surface area contributed by atoms with Crippen LogP contribution in [-0.4, -0.2) is 23.0 Å². The third-order valence-corrected chi connectivity index (χ3v) is 5.93. The predicted molar refractivity (Wildman–Crippen MR) is 120 cm³/mol. The maximum absolute atomic E-state index is 12.9. The first-order chi connectivity index (χ1) is 13.9. The number of nitrogens with one attached hydrogen (secondary N) is 1. The molecule has 0 spiro atoms. The Balaban J connectivity index is 1.62. The molecule has 0 radical (unpaired) electrons. The number of carbonyl (C=O) groups excluding carboxylic acids is 2. The molecule has 146 valence electrons. The smallest absolute Gasteiger partial charge is 0.338 e. The van der Waals surface area contributed by atoms with Crippen LogP contribution in [0.4, 0.5) is 5.13 Å². The number of aromatic nitrogens is 1. The van der Waals surface area contributed by atoms with Crippen LogP contribution in [0.25, 0.3) is 21.0 Å². The number of hydrogen-bond donors (Lipinski definition) is 1. The number of thiazole rings is 1. The van der Waals surface area contributed by atoms with Crippen LogP contribution in [0.5, 0.6) is 0 Å². The maximum atomic E-state index is 12.9. The Bertz CT molecular complexity index is 1250. The molecule has 0 atom stereocenters. The normalized spacial score (nSPS) is 11.2. The Hall–Kier alpha value is -2.77. The van der Waals surface area contributed by atoms with E-state index in [-0.39, 0.29) is 18.0 Å². The van der Waals surface area contributed by atoms with Crippen LogP contribution in [0.2, 0.25) is 0 Å². The van der Waals surface area contributed by atoms with Gasteiger partial charge < -0.3 is 4.74 Å². The summed E-state index contributed by atoms with van der Waals surface area (Å²) < 4.78 is 6.98. The van der Waals surface area contributed by atoms with E-state index in [0.717, 1.165) is 19.9 Å². The van der Waals surface area contributed by atoms with Gasteiger partial charge in [-0.1, -0.05) is 51.5 Å². The zero-order chi connectivity index (χ0) is 20.5. The number of nitrogens with zero attached hydrogens (tertiary/aromatic N) is 1. The van der Waals surface area contributed by atoms with Gasteiger partial charge >= 0.3 is 5.97 Å². The SMILES string of the molecule is CC(C)OC(=O)c1ccc2nc(NC(=O)c3cccc4c(Br)cccc34)sc2c1. The quantitative estimate of drug-likeness (QED) is 0.371. The number of ether oxygens (including phenoxy) is 1. The Kier molecular flexibility index (Phi) is 5.34. The number of benzene rings is 3. The molecule has 4 aromatic rings. The average Bonchev–Trinajstić information content (AvgIpc) is 3.08. The van der Waals surface area contributed by atoms with Crippen LogP contribution in [0, 0.1) is 0 Å². The first-order valence-electron chi connectivity index (χ1n) is 9.02. The Labute approximate surface area is 179 Å². The van der Waals surface area contributed by atoms with E-state index >= 15 is 0 Å². The van der Waals surface area contributed by atoms with E-state index in [2.05, 4.69) is 26.2 Å². The van der Waals surface area contributed by atoms with Crippen molar-refractivity contribution in [3.8, 4) is 0 Å². The van der Waals surface area contributed by atoms with Gasteiger partial charge in [0, 0.05) is 10.0 Å². The number of esters is 1. The molecule has 5 nitrogen and oxygen atoms in total. The lowest BCUT2D eigenvalue weighted by Gasteiger charge is -2.07. The highest BCUT2D eigenvalue weighted by atomic mass is 79.9. The lowest BCUT2D eigenvalue weighted by atomic mass is 10.0. The number of anilines is 1. The standard InChI is InChI=1S/C22H17BrN2O3S/c1-12(2)28-21(27)13-9-10-18-19(11-13)29-22(24-18)25-20(26)16-7-3-6-15-14(16)5-4-8-17(15)23/h3-12H,1-2H3,(H,24,25,26). The Morgan fingerprint density at radius 2 is 1.83 bits per heavy atom. The van der Waals surface area contributed by atoms with Crippen LogP contribution < -0.4 is 5.32 Å². The highest BCUT2D eigenvalue weighted by molar-refractivity contribution is 9.10. The van der Waals surface area contributed by atoms with Crippen LogP contribution in [0.1, 0.15) is 34.6 Å². The molecule has 0 bridgehead atoms. The van der Waals surface area contributed by atoms with E-state index in [1.54, 1.807) is 24.3 Å². The van der Waals surface area contributed by atoms with Crippen molar-refractivity contribution in [2.75, 3.05) is 5.32 Å². The number of hydrogen-bond acceptors (Lipinski definition) is 5. The van der Waals surface area contributed by atoms with Gasteiger partial charge in [0.1, 0.15) is 0 Å². The van der Waals surface area contributed by atoms with Crippen molar-refractivity contribution < 1.29 is 14.3 Å². The van der Waals surface area contributed by atoms with Crippen LogP contribution >= 0.6 is 27.3 Å². The molecule has 1 N–H and O–H groups in total. The van der Waals surface area contributed by atoms with Crippen molar-refractivity contribution in [1.29, 1.82) is 0 Å². The van der Waals surface area contributed by atoms with Crippen LogP contribution in [0.3, 0.4) is 0 Å². The van der Waals surface area contributed by atoms with E-state index in [9.17, 15) is 9.59 Å². The van der Waals surface area contributed by atoms with Crippen molar-refractivity contribution in [1.82, 2.24) is 4.98 Å². The molecule has 1 amide bonds. The first-order valence-corrected chi connectivity index (χ1v) is 10.6. The molecule has 0 unspecified atom stereocenters. The summed E-state index contributed by atoms with van der Waals surface area (Å²) in [6.45, 7) is 3.62. The van der Waals surface area contributed by atoms with Gasteiger partial charge in [-0.05, 0) is 55.0 Å². The lowest BCUT2D eigenvalue weighted by Crippen LogP contribution is -2.12. The molecule has 7 heteroatoms. The van der Waals surface area contributed by atoms with Crippen LogP contribution in [-0.2, 0) is 4.74 Å². The summed E-state index contributed by atoms with van der Waals surface area (Å²) in [6, 6.07) is 16.5. The van der Waals surface area contributed by atoms with Crippen molar-refractivity contribution in [3.05, 3.63) is 70.2 Å².